The number of aliphatic hydroxyl groups excluding tert-OH is 8. The van der Waals surface area contributed by atoms with Crippen molar-refractivity contribution in [3.05, 3.63) is 0 Å². The average Bonchev–Trinajstić information content (AvgIpc) is 3.01. The molecule has 15 atom stereocenters. The number of carbonyl (C=O) groups excluding carboxylic acids is 3. The Morgan fingerprint density at radius 2 is 0.896 bits per heavy atom. The lowest BCUT2D eigenvalue weighted by molar-refractivity contribution is -0.248. The monoisotopic (exact) mass is 719 g/mol. The van der Waals surface area contributed by atoms with Gasteiger partial charge in [0.05, 0.1) is 82.7 Å². The molecule has 48 heavy (non-hydrogen) atoms. The van der Waals surface area contributed by atoms with Gasteiger partial charge in [-0.25, -0.2) is 0 Å². The van der Waals surface area contributed by atoms with Gasteiger partial charge in [0, 0.05) is 32.6 Å². The molecule has 11 N–H and O–H groups in total. The van der Waals surface area contributed by atoms with Gasteiger partial charge >= 0.3 is 0 Å². The Balaban J connectivity index is 0.00000800. The van der Waals surface area contributed by atoms with E-state index >= 15 is 0 Å². The number of aliphatic hydroxyl groups is 8. The lowest BCUT2D eigenvalue weighted by Crippen LogP contribution is -2.65. The lowest BCUT2D eigenvalue weighted by atomic mass is 9.85. The van der Waals surface area contributed by atoms with Crippen LogP contribution in [0.15, 0.2) is 0 Å². The summed E-state index contributed by atoms with van der Waals surface area (Å²) in [6, 6.07) is -3.35. The molecule has 20 heteroatoms. The highest BCUT2D eigenvalue weighted by atomic mass is 35.5. The van der Waals surface area contributed by atoms with Crippen LogP contribution in [-0.4, -0.2) is 184 Å². The fourth-order valence-corrected chi connectivity index (χ4v) is 6.24. The van der Waals surface area contributed by atoms with Crippen molar-refractivity contribution in [1.29, 1.82) is 0 Å². The number of hydrogen-bond donors (Lipinski definition) is 11. The maximum absolute atomic E-state index is 12.1. The molecule has 0 aromatic heterocycles. The van der Waals surface area contributed by atoms with Crippen molar-refractivity contribution >= 4 is 30.1 Å². The lowest BCUT2D eigenvalue weighted by Gasteiger charge is -2.46. The molecule has 0 aromatic carbocycles. The summed E-state index contributed by atoms with van der Waals surface area (Å²) in [5, 5.41) is 90.0. The van der Waals surface area contributed by atoms with E-state index in [2.05, 4.69) is 16.0 Å². The van der Waals surface area contributed by atoms with Gasteiger partial charge in [-0.1, -0.05) is 0 Å². The van der Waals surface area contributed by atoms with Gasteiger partial charge in [-0.15, -0.1) is 12.4 Å². The van der Waals surface area contributed by atoms with Crippen LogP contribution in [0.2, 0.25) is 0 Å². The van der Waals surface area contributed by atoms with E-state index in [1.54, 1.807) is 0 Å². The van der Waals surface area contributed by atoms with Gasteiger partial charge in [0.2, 0.25) is 17.7 Å². The molecular formula is C28H50ClN3O16. The first-order valence-electron chi connectivity index (χ1n) is 15.4. The maximum atomic E-state index is 12.1. The van der Waals surface area contributed by atoms with Crippen LogP contribution in [0.1, 0.15) is 20.8 Å². The summed E-state index contributed by atoms with van der Waals surface area (Å²) in [6.07, 6.45) is -12.5. The predicted octanol–water partition coefficient (Wildman–Crippen LogP) is -6.14. The molecule has 3 heterocycles. The number of hydrogen-bond acceptors (Lipinski definition) is 16. The highest BCUT2D eigenvalue weighted by Gasteiger charge is 2.48. The molecule has 3 aliphatic heterocycles. The number of ether oxygens (including phenoxy) is 5. The van der Waals surface area contributed by atoms with Gasteiger partial charge in [0.25, 0.3) is 0 Å². The van der Waals surface area contributed by atoms with E-state index in [4.69, 9.17) is 23.7 Å². The van der Waals surface area contributed by atoms with Crippen LogP contribution in [0.3, 0.4) is 0 Å². The molecule has 0 saturated carbocycles. The zero-order valence-corrected chi connectivity index (χ0v) is 27.7. The van der Waals surface area contributed by atoms with Crippen LogP contribution in [0.25, 0.3) is 0 Å². The van der Waals surface area contributed by atoms with E-state index in [1.165, 1.54) is 20.8 Å². The fraction of sp³-hybridized carbons (Fsp3) is 0.893. The molecule has 0 spiro atoms. The molecule has 3 saturated heterocycles. The third-order valence-corrected chi connectivity index (χ3v) is 8.62. The van der Waals surface area contributed by atoms with E-state index in [1.807, 2.05) is 0 Å². The molecule has 0 radical (unpaired) electrons. The molecule has 3 aliphatic rings. The quantitative estimate of drug-likeness (QED) is 0.0796. The third-order valence-electron chi connectivity index (χ3n) is 8.62. The van der Waals surface area contributed by atoms with Gasteiger partial charge in [0.1, 0.15) is 36.6 Å². The summed E-state index contributed by atoms with van der Waals surface area (Å²) in [6.45, 7) is 0.839. The first-order valence-corrected chi connectivity index (χ1v) is 15.4. The number of rotatable bonds is 14. The number of amides is 3. The first-order chi connectivity index (χ1) is 22.2. The summed E-state index contributed by atoms with van der Waals surface area (Å²) in [7, 11) is 0. The topological polar surface area (TPSA) is 295 Å². The Labute approximate surface area is 283 Å². The summed E-state index contributed by atoms with van der Waals surface area (Å²) in [5.41, 5.74) is 0. The second kappa shape index (κ2) is 19.5. The van der Waals surface area contributed by atoms with Crippen LogP contribution < -0.4 is 16.0 Å². The van der Waals surface area contributed by atoms with E-state index < -0.39 is 129 Å². The minimum atomic E-state index is -1.58. The minimum absolute atomic E-state index is 0. The highest BCUT2D eigenvalue weighted by molar-refractivity contribution is 5.85. The molecule has 3 rings (SSSR count). The van der Waals surface area contributed by atoms with Crippen LogP contribution in [0.4, 0.5) is 0 Å². The smallest absolute Gasteiger partial charge is 0.217 e. The zero-order chi connectivity index (χ0) is 35.0. The van der Waals surface area contributed by atoms with Crippen molar-refractivity contribution in [3.63, 3.8) is 0 Å². The Morgan fingerprint density at radius 1 is 0.521 bits per heavy atom. The Kier molecular flexibility index (Phi) is 17.2. The molecule has 3 fully saturated rings. The van der Waals surface area contributed by atoms with Crippen molar-refractivity contribution in [3.8, 4) is 0 Å². The summed E-state index contributed by atoms with van der Waals surface area (Å²) in [5.74, 6) is -3.37. The van der Waals surface area contributed by atoms with E-state index in [-0.39, 0.29) is 38.8 Å². The first kappa shape index (κ1) is 42.3. The Morgan fingerprint density at radius 3 is 1.33 bits per heavy atom. The minimum Gasteiger partial charge on any atom is -0.394 e. The van der Waals surface area contributed by atoms with Gasteiger partial charge in [-0.3, -0.25) is 14.4 Å². The molecule has 6 unspecified atom stereocenters. The largest absolute Gasteiger partial charge is 0.394 e. The van der Waals surface area contributed by atoms with Gasteiger partial charge in [-0.2, -0.15) is 0 Å². The van der Waals surface area contributed by atoms with Gasteiger partial charge < -0.3 is 80.5 Å². The third kappa shape index (κ3) is 10.6. The van der Waals surface area contributed by atoms with E-state index in [0.29, 0.717) is 0 Å². The van der Waals surface area contributed by atoms with Crippen molar-refractivity contribution in [2.45, 2.75) is 100 Å². The SMILES string of the molecule is CC(=O)NC1[C@H](COC[C@@H]2C(CO)O[C@@H](COC[C@@H]3C(CO)O[C@@H](O)C(NC(C)=O)[C@H]3O)C(NC(C)=O)[C@H]2O)OC(CO)[C@@H](O)[C@@H]1O.Cl. The van der Waals surface area contributed by atoms with Crippen molar-refractivity contribution in [2.24, 2.45) is 11.8 Å². The Hall–Kier alpha value is -1.82. The number of halogens is 1. The van der Waals surface area contributed by atoms with Crippen LogP contribution in [0, 0.1) is 11.8 Å². The van der Waals surface area contributed by atoms with Crippen molar-refractivity contribution in [1.82, 2.24) is 16.0 Å². The van der Waals surface area contributed by atoms with Gasteiger partial charge in [-0.05, 0) is 0 Å². The average molecular weight is 720 g/mol. The molecule has 280 valence electrons. The molecule has 3 amide bonds. The summed E-state index contributed by atoms with van der Waals surface area (Å²) >= 11 is 0. The van der Waals surface area contributed by atoms with Crippen LogP contribution in [0.5, 0.6) is 0 Å². The second-order valence-corrected chi connectivity index (χ2v) is 12.1. The Bertz CT molecular complexity index is 1030. The molecule has 0 bridgehead atoms. The normalized spacial score (nSPS) is 39.9. The molecule has 19 nitrogen and oxygen atoms in total. The zero-order valence-electron chi connectivity index (χ0n) is 26.9. The van der Waals surface area contributed by atoms with Gasteiger partial charge in [0.15, 0.2) is 6.29 Å². The second-order valence-electron chi connectivity index (χ2n) is 12.1. The van der Waals surface area contributed by atoms with Crippen molar-refractivity contribution < 1.29 is 78.9 Å². The number of carbonyl (C=O) groups is 3. The fourth-order valence-electron chi connectivity index (χ4n) is 6.24. The highest BCUT2D eigenvalue weighted by Crippen LogP contribution is 2.30. The van der Waals surface area contributed by atoms with E-state index in [9.17, 15) is 55.2 Å². The summed E-state index contributed by atoms with van der Waals surface area (Å²) < 4.78 is 28.6. The van der Waals surface area contributed by atoms with E-state index in [0.717, 1.165) is 0 Å². The molecular weight excluding hydrogens is 670 g/mol. The van der Waals surface area contributed by atoms with Crippen molar-refractivity contribution in [2.75, 3.05) is 46.2 Å². The predicted molar refractivity (Wildman–Crippen MR) is 162 cm³/mol. The van der Waals surface area contributed by atoms with Crippen LogP contribution >= 0.6 is 12.4 Å². The maximum Gasteiger partial charge on any atom is 0.217 e. The standard InChI is InChI=1S/C28H49N3O16.ClH/c1-11(35)29-21-19(9-44-8-15-17(5-33)47-28(42)23(25(15)39)31-13(3)37)45-16(4-32)14(24(21)38)7-43-10-20-22(30-12(2)36)27(41)26(40)18(6-34)46-20;/h14-28,32-34,38-42H,4-10H2,1-3H3,(H,29,35)(H,30,36)(H,31,37);1H/t14-,15-,16?,17?,18?,19+,20+,21?,22?,23?,24+,25+,26-,27-,28-;/m1./s1. The molecule has 0 aromatic rings. The molecule has 0 aliphatic carbocycles. The van der Waals surface area contributed by atoms with Crippen LogP contribution in [-0.2, 0) is 38.1 Å². The number of nitrogens with one attached hydrogen (secondary N) is 3. The summed E-state index contributed by atoms with van der Waals surface area (Å²) in [4.78, 5) is 35.3.